The molecule has 28 heavy (non-hydrogen) atoms. The quantitative estimate of drug-likeness (QED) is 0.657. The number of benzene rings is 1. The molecule has 0 atom stereocenters. The topological polar surface area (TPSA) is 71.7 Å². The number of ether oxygens (including phenoxy) is 1. The van der Waals surface area contributed by atoms with E-state index in [4.69, 9.17) is 20.8 Å². The molecule has 3 aromatic rings. The average Bonchev–Trinajstić information content (AvgIpc) is 3.28. The van der Waals surface area contributed by atoms with Crippen LogP contribution in [-0.4, -0.2) is 53.8 Å². The lowest BCUT2D eigenvalue weighted by atomic mass is 10.2. The van der Waals surface area contributed by atoms with E-state index in [0.29, 0.717) is 48.4 Å². The maximum Gasteiger partial charge on any atom is 0.260 e. The summed E-state index contributed by atoms with van der Waals surface area (Å²) in [6.07, 6.45) is 1.61. The van der Waals surface area contributed by atoms with Crippen LogP contribution >= 0.6 is 11.6 Å². The number of halogens is 1. The van der Waals surface area contributed by atoms with Gasteiger partial charge in [-0.15, -0.1) is 10.2 Å². The van der Waals surface area contributed by atoms with E-state index >= 15 is 0 Å². The fourth-order valence-corrected chi connectivity index (χ4v) is 3.22. The summed E-state index contributed by atoms with van der Waals surface area (Å²) in [6.45, 7) is 2.55. The predicted molar refractivity (Wildman–Crippen MR) is 105 cm³/mol. The lowest BCUT2D eigenvalue weighted by molar-refractivity contribution is -0.133. The monoisotopic (exact) mass is 398 g/mol. The molecule has 1 amide bonds. The molecule has 2 aromatic heterocycles. The molecule has 0 bridgehead atoms. The van der Waals surface area contributed by atoms with Crippen molar-refractivity contribution in [3.05, 3.63) is 59.8 Å². The molecule has 0 saturated carbocycles. The van der Waals surface area contributed by atoms with Crippen molar-refractivity contribution in [1.29, 1.82) is 0 Å². The van der Waals surface area contributed by atoms with Crippen LogP contribution in [0.3, 0.4) is 0 Å². The average molecular weight is 399 g/mol. The van der Waals surface area contributed by atoms with Gasteiger partial charge in [0, 0.05) is 26.2 Å². The van der Waals surface area contributed by atoms with Crippen molar-refractivity contribution in [2.24, 2.45) is 0 Å². The van der Waals surface area contributed by atoms with Gasteiger partial charge in [0.1, 0.15) is 11.4 Å². The molecular weight excluding hydrogens is 380 g/mol. The Labute approximate surface area is 167 Å². The largest absolute Gasteiger partial charge is 0.482 e. The number of hydrogen-bond donors (Lipinski definition) is 0. The molecule has 1 aromatic carbocycles. The zero-order valence-corrected chi connectivity index (χ0v) is 15.9. The standard InChI is InChI=1S/C20H19ClN4O3/c21-15-4-1-2-5-17(15)28-14-20(26)25-11-9-24(10-12-25)19-8-7-16(22-23-19)18-6-3-13-27-18/h1-8,13H,9-12,14H2. The second-order valence-corrected chi connectivity index (χ2v) is 6.75. The SMILES string of the molecule is O=C(COc1ccccc1Cl)N1CCN(c2ccc(-c3ccco3)nn2)CC1. The van der Waals surface area contributed by atoms with Gasteiger partial charge in [0.15, 0.2) is 18.2 Å². The van der Waals surface area contributed by atoms with E-state index in [1.807, 2.05) is 36.4 Å². The second-order valence-electron chi connectivity index (χ2n) is 6.34. The molecule has 0 unspecified atom stereocenters. The van der Waals surface area contributed by atoms with Crippen LogP contribution in [0.25, 0.3) is 11.5 Å². The van der Waals surface area contributed by atoms with Gasteiger partial charge in [0.2, 0.25) is 0 Å². The summed E-state index contributed by atoms with van der Waals surface area (Å²) in [5.74, 6) is 1.93. The van der Waals surface area contributed by atoms with Gasteiger partial charge in [-0.1, -0.05) is 23.7 Å². The van der Waals surface area contributed by atoms with E-state index in [1.54, 1.807) is 23.3 Å². The lowest BCUT2D eigenvalue weighted by Gasteiger charge is -2.35. The number of furan rings is 1. The zero-order valence-electron chi connectivity index (χ0n) is 15.1. The molecule has 0 spiro atoms. The van der Waals surface area contributed by atoms with Crippen LogP contribution < -0.4 is 9.64 Å². The normalized spacial score (nSPS) is 14.2. The third-order valence-electron chi connectivity index (χ3n) is 4.57. The number of hydrogen-bond acceptors (Lipinski definition) is 6. The summed E-state index contributed by atoms with van der Waals surface area (Å²) in [4.78, 5) is 16.3. The minimum absolute atomic E-state index is 0.0264. The summed E-state index contributed by atoms with van der Waals surface area (Å²) in [7, 11) is 0. The van der Waals surface area contributed by atoms with Crippen LogP contribution in [0.4, 0.5) is 5.82 Å². The van der Waals surface area contributed by atoms with E-state index in [-0.39, 0.29) is 12.5 Å². The Kier molecular flexibility index (Phi) is 5.43. The highest BCUT2D eigenvalue weighted by atomic mass is 35.5. The lowest BCUT2D eigenvalue weighted by Crippen LogP contribution is -2.50. The summed E-state index contributed by atoms with van der Waals surface area (Å²) >= 11 is 6.05. The maximum atomic E-state index is 12.4. The van der Waals surface area contributed by atoms with Crippen LogP contribution in [0.1, 0.15) is 0 Å². The zero-order chi connectivity index (χ0) is 19.3. The van der Waals surface area contributed by atoms with Crippen molar-refractivity contribution < 1.29 is 13.9 Å². The number of aromatic nitrogens is 2. The fourth-order valence-electron chi connectivity index (χ4n) is 3.03. The molecule has 1 aliphatic rings. The number of amides is 1. The number of anilines is 1. The molecule has 1 aliphatic heterocycles. The Balaban J connectivity index is 1.29. The van der Waals surface area contributed by atoms with Crippen molar-refractivity contribution >= 4 is 23.3 Å². The van der Waals surface area contributed by atoms with Crippen molar-refractivity contribution in [3.63, 3.8) is 0 Å². The Morgan fingerprint density at radius 3 is 2.54 bits per heavy atom. The molecule has 7 nitrogen and oxygen atoms in total. The van der Waals surface area contributed by atoms with Crippen LogP contribution in [0.15, 0.2) is 59.2 Å². The van der Waals surface area contributed by atoms with Gasteiger partial charge in [0.25, 0.3) is 5.91 Å². The molecule has 1 fully saturated rings. The summed E-state index contributed by atoms with van der Waals surface area (Å²) in [5.41, 5.74) is 0.694. The molecular formula is C20H19ClN4O3. The first-order valence-electron chi connectivity index (χ1n) is 8.98. The minimum Gasteiger partial charge on any atom is -0.482 e. The number of para-hydroxylation sites is 1. The van der Waals surface area contributed by atoms with Crippen LogP contribution in [-0.2, 0) is 4.79 Å². The molecule has 8 heteroatoms. The van der Waals surface area contributed by atoms with Gasteiger partial charge in [-0.25, -0.2) is 0 Å². The van der Waals surface area contributed by atoms with Crippen molar-refractivity contribution in [1.82, 2.24) is 15.1 Å². The van der Waals surface area contributed by atoms with Crippen molar-refractivity contribution in [2.75, 3.05) is 37.7 Å². The Morgan fingerprint density at radius 1 is 1.04 bits per heavy atom. The van der Waals surface area contributed by atoms with Gasteiger partial charge in [-0.2, -0.15) is 0 Å². The first-order chi connectivity index (χ1) is 13.7. The molecule has 0 N–H and O–H groups in total. The molecule has 144 valence electrons. The number of rotatable bonds is 5. The molecule has 0 aliphatic carbocycles. The van der Waals surface area contributed by atoms with Crippen LogP contribution in [0.5, 0.6) is 5.75 Å². The number of piperazine rings is 1. The van der Waals surface area contributed by atoms with E-state index in [9.17, 15) is 4.79 Å². The minimum atomic E-state index is -0.0566. The second kappa shape index (κ2) is 8.31. The van der Waals surface area contributed by atoms with Gasteiger partial charge in [0.05, 0.1) is 11.3 Å². The fraction of sp³-hybridized carbons (Fsp3) is 0.250. The van der Waals surface area contributed by atoms with Crippen LogP contribution in [0, 0.1) is 0 Å². The van der Waals surface area contributed by atoms with Gasteiger partial charge in [-0.05, 0) is 36.4 Å². The van der Waals surface area contributed by atoms with Crippen LogP contribution in [0.2, 0.25) is 5.02 Å². The smallest absolute Gasteiger partial charge is 0.260 e. The van der Waals surface area contributed by atoms with E-state index < -0.39 is 0 Å². The first-order valence-corrected chi connectivity index (χ1v) is 9.36. The third kappa shape index (κ3) is 4.09. The highest BCUT2D eigenvalue weighted by Gasteiger charge is 2.22. The number of nitrogens with zero attached hydrogens (tertiary/aromatic N) is 4. The number of carbonyl (C=O) groups excluding carboxylic acids is 1. The first kappa shape index (κ1) is 18.3. The molecule has 3 heterocycles. The summed E-state index contributed by atoms with van der Waals surface area (Å²) in [6, 6.07) is 14.6. The predicted octanol–water partition coefficient (Wildman–Crippen LogP) is 3.12. The number of carbonyl (C=O) groups is 1. The van der Waals surface area contributed by atoms with Gasteiger partial charge >= 0.3 is 0 Å². The van der Waals surface area contributed by atoms with E-state index in [2.05, 4.69) is 15.1 Å². The maximum absolute atomic E-state index is 12.4. The van der Waals surface area contributed by atoms with Crippen molar-refractivity contribution in [2.45, 2.75) is 0 Å². The van der Waals surface area contributed by atoms with E-state index in [1.165, 1.54) is 0 Å². The summed E-state index contributed by atoms with van der Waals surface area (Å²) in [5, 5.41) is 9.01. The van der Waals surface area contributed by atoms with Gasteiger partial charge < -0.3 is 19.0 Å². The van der Waals surface area contributed by atoms with Crippen molar-refractivity contribution in [3.8, 4) is 17.2 Å². The highest BCUT2D eigenvalue weighted by Crippen LogP contribution is 2.23. The summed E-state index contributed by atoms with van der Waals surface area (Å²) < 4.78 is 10.9. The van der Waals surface area contributed by atoms with Gasteiger partial charge in [-0.3, -0.25) is 4.79 Å². The molecule has 4 rings (SSSR count). The Morgan fingerprint density at radius 2 is 1.86 bits per heavy atom. The Bertz CT molecular complexity index is 923. The molecule has 1 saturated heterocycles. The van der Waals surface area contributed by atoms with E-state index in [0.717, 1.165) is 5.82 Å². The highest BCUT2D eigenvalue weighted by molar-refractivity contribution is 6.32. The molecule has 0 radical (unpaired) electrons. The Hall–Kier alpha value is -3.06. The third-order valence-corrected chi connectivity index (χ3v) is 4.88.